The van der Waals surface area contributed by atoms with Gasteiger partial charge in [0.25, 0.3) is 0 Å². The first-order valence-electron chi connectivity index (χ1n) is 7.76. The van der Waals surface area contributed by atoms with Crippen molar-refractivity contribution in [2.45, 2.75) is 58.6 Å². The summed E-state index contributed by atoms with van der Waals surface area (Å²) in [6.45, 7) is 7.14. The quantitative estimate of drug-likeness (QED) is 0.719. The van der Waals surface area contributed by atoms with Crippen LogP contribution in [0.4, 0.5) is 4.79 Å². The van der Waals surface area contributed by atoms with Gasteiger partial charge in [0.05, 0.1) is 12.5 Å². The molecule has 0 aromatic rings. The standard InChI is InChI=1S/C15H28N2O4/c1-5-15(6-2)11(10-12(15)21-7-3)16-14(20)17(4)9-8-13(18)19/h11-12H,5-10H2,1-4H3,(H,16,20)(H,18,19). The van der Waals surface area contributed by atoms with Gasteiger partial charge in [0, 0.05) is 31.7 Å². The predicted octanol–water partition coefficient (Wildman–Crippen LogP) is 2.09. The lowest BCUT2D eigenvalue weighted by Crippen LogP contribution is -2.65. The Bertz CT molecular complexity index is 369. The summed E-state index contributed by atoms with van der Waals surface area (Å²) in [4.78, 5) is 24.1. The molecular formula is C15H28N2O4. The van der Waals surface area contributed by atoms with E-state index in [1.807, 2.05) is 6.92 Å². The molecular weight excluding hydrogens is 272 g/mol. The third-order valence-corrected chi connectivity index (χ3v) is 4.77. The molecule has 2 atom stereocenters. The van der Waals surface area contributed by atoms with Crippen LogP contribution < -0.4 is 5.32 Å². The number of amides is 2. The number of carboxylic acid groups (broad SMARTS) is 1. The van der Waals surface area contributed by atoms with Gasteiger partial charge in [0.1, 0.15) is 0 Å². The average Bonchev–Trinajstić information content (AvgIpc) is 2.44. The van der Waals surface area contributed by atoms with Crippen molar-refractivity contribution in [3.05, 3.63) is 0 Å². The van der Waals surface area contributed by atoms with Crippen molar-refractivity contribution in [2.24, 2.45) is 5.41 Å². The summed E-state index contributed by atoms with van der Waals surface area (Å²) in [5.41, 5.74) is -0.000687. The molecule has 2 amide bonds. The van der Waals surface area contributed by atoms with Gasteiger partial charge in [-0.25, -0.2) is 4.79 Å². The van der Waals surface area contributed by atoms with E-state index in [0.29, 0.717) is 6.61 Å². The number of urea groups is 1. The Morgan fingerprint density at radius 2 is 1.95 bits per heavy atom. The minimum absolute atomic E-state index is 0.000687. The summed E-state index contributed by atoms with van der Waals surface area (Å²) in [6.07, 6.45) is 2.90. The van der Waals surface area contributed by atoms with E-state index in [4.69, 9.17) is 9.84 Å². The van der Waals surface area contributed by atoms with Crippen LogP contribution in [0, 0.1) is 5.41 Å². The molecule has 0 aromatic heterocycles. The molecule has 0 saturated heterocycles. The van der Waals surface area contributed by atoms with E-state index in [-0.39, 0.29) is 36.6 Å². The van der Waals surface area contributed by atoms with Gasteiger partial charge in [-0.1, -0.05) is 13.8 Å². The molecule has 1 aliphatic carbocycles. The van der Waals surface area contributed by atoms with E-state index >= 15 is 0 Å². The van der Waals surface area contributed by atoms with Gasteiger partial charge < -0.3 is 20.1 Å². The van der Waals surface area contributed by atoms with Crippen LogP contribution in [0.3, 0.4) is 0 Å². The zero-order valence-corrected chi connectivity index (χ0v) is 13.5. The molecule has 0 heterocycles. The molecule has 0 spiro atoms. The summed E-state index contributed by atoms with van der Waals surface area (Å²) in [5, 5.41) is 11.7. The fraction of sp³-hybridized carbons (Fsp3) is 0.867. The summed E-state index contributed by atoms with van der Waals surface area (Å²) >= 11 is 0. The van der Waals surface area contributed by atoms with Crippen LogP contribution in [-0.2, 0) is 9.53 Å². The highest BCUT2D eigenvalue weighted by Crippen LogP contribution is 2.48. The number of hydrogen-bond acceptors (Lipinski definition) is 3. The maximum atomic E-state index is 12.1. The monoisotopic (exact) mass is 300 g/mol. The molecule has 0 aliphatic heterocycles. The number of carboxylic acids is 1. The number of carbonyl (C=O) groups is 2. The molecule has 6 heteroatoms. The van der Waals surface area contributed by atoms with Gasteiger partial charge in [-0.05, 0) is 26.2 Å². The second kappa shape index (κ2) is 7.64. The predicted molar refractivity (Wildman–Crippen MR) is 80.2 cm³/mol. The smallest absolute Gasteiger partial charge is 0.317 e. The largest absolute Gasteiger partial charge is 0.481 e. The number of ether oxygens (including phenoxy) is 1. The first kappa shape index (κ1) is 17.8. The van der Waals surface area contributed by atoms with Gasteiger partial charge in [0.15, 0.2) is 0 Å². The Hall–Kier alpha value is -1.30. The van der Waals surface area contributed by atoms with Crippen molar-refractivity contribution >= 4 is 12.0 Å². The van der Waals surface area contributed by atoms with Crippen LogP contribution >= 0.6 is 0 Å². The number of rotatable bonds is 8. The molecule has 1 saturated carbocycles. The van der Waals surface area contributed by atoms with Crippen LogP contribution in [0.5, 0.6) is 0 Å². The summed E-state index contributed by atoms with van der Waals surface area (Å²) < 4.78 is 5.78. The SMILES string of the molecule is CCOC1CC(NC(=O)N(C)CCC(=O)O)C1(CC)CC. The third-order valence-electron chi connectivity index (χ3n) is 4.77. The summed E-state index contributed by atoms with van der Waals surface area (Å²) in [7, 11) is 1.62. The van der Waals surface area contributed by atoms with E-state index in [2.05, 4.69) is 19.2 Å². The molecule has 0 bridgehead atoms. The Kier molecular flexibility index (Phi) is 6.45. The van der Waals surface area contributed by atoms with Gasteiger partial charge in [-0.15, -0.1) is 0 Å². The number of aliphatic carboxylic acids is 1. The fourth-order valence-electron chi connectivity index (χ4n) is 3.21. The van der Waals surface area contributed by atoms with Crippen molar-refractivity contribution < 1.29 is 19.4 Å². The number of carbonyl (C=O) groups excluding carboxylic acids is 1. The molecule has 122 valence electrons. The third kappa shape index (κ3) is 3.87. The second-order valence-corrected chi connectivity index (χ2v) is 5.69. The first-order valence-corrected chi connectivity index (χ1v) is 7.76. The molecule has 0 radical (unpaired) electrons. The van der Waals surface area contributed by atoms with E-state index in [1.54, 1.807) is 7.05 Å². The Morgan fingerprint density at radius 3 is 2.43 bits per heavy atom. The summed E-state index contributed by atoms with van der Waals surface area (Å²) in [5.74, 6) is -0.897. The molecule has 6 nitrogen and oxygen atoms in total. The zero-order chi connectivity index (χ0) is 16.0. The first-order chi connectivity index (χ1) is 9.91. The fourth-order valence-corrected chi connectivity index (χ4v) is 3.21. The maximum absolute atomic E-state index is 12.1. The van der Waals surface area contributed by atoms with Gasteiger partial charge >= 0.3 is 12.0 Å². The van der Waals surface area contributed by atoms with Crippen LogP contribution in [0.25, 0.3) is 0 Å². The number of nitrogens with one attached hydrogen (secondary N) is 1. The van der Waals surface area contributed by atoms with Gasteiger partial charge in [-0.3, -0.25) is 4.79 Å². The molecule has 21 heavy (non-hydrogen) atoms. The minimum Gasteiger partial charge on any atom is -0.481 e. The highest BCUT2D eigenvalue weighted by molar-refractivity contribution is 5.75. The van der Waals surface area contributed by atoms with E-state index in [9.17, 15) is 9.59 Å². The number of nitrogens with zero attached hydrogens (tertiary/aromatic N) is 1. The summed E-state index contributed by atoms with van der Waals surface area (Å²) in [6, 6.07) is -0.105. The van der Waals surface area contributed by atoms with Gasteiger partial charge in [0.2, 0.25) is 0 Å². The molecule has 2 unspecified atom stereocenters. The molecule has 1 aliphatic rings. The average molecular weight is 300 g/mol. The molecule has 2 N–H and O–H groups in total. The van der Waals surface area contributed by atoms with E-state index in [0.717, 1.165) is 19.3 Å². The maximum Gasteiger partial charge on any atom is 0.317 e. The topological polar surface area (TPSA) is 78.9 Å². The van der Waals surface area contributed by atoms with Crippen molar-refractivity contribution in [3.63, 3.8) is 0 Å². The van der Waals surface area contributed by atoms with Crippen LogP contribution in [0.1, 0.15) is 46.5 Å². The second-order valence-electron chi connectivity index (χ2n) is 5.69. The Balaban J connectivity index is 2.57. The lowest BCUT2D eigenvalue weighted by Gasteiger charge is -2.55. The highest BCUT2D eigenvalue weighted by atomic mass is 16.5. The normalized spacial score (nSPS) is 23.2. The highest BCUT2D eigenvalue weighted by Gasteiger charge is 2.54. The number of hydrogen-bond donors (Lipinski definition) is 2. The Morgan fingerprint density at radius 1 is 1.33 bits per heavy atom. The van der Waals surface area contributed by atoms with Crippen molar-refractivity contribution in [1.82, 2.24) is 10.2 Å². The van der Waals surface area contributed by atoms with Gasteiger partial charge in [-0.2, -0.15) is 0 Å². The lowest BCUT2D eigenvalue weighted by molar-refractivity contribution is -0.137. The lowest BCUT2D eigenvalue weighted by atomic mass is 9.58. The van der Waals surface area contributed by atoms with E-state index in [1.165, 1.54) is 4.90 Å². The van der Waals surface area contributed by atoms with Crippen LogP contribution in [-0.4, -0.2) is 54.4 Å². The van der Waals surface area contributed by atoms with Crippen molar-refractivity contribution in [2.75, 3.05) is 20.2 Å². The van der Waals surface area contributed by atoms with Crippen molar-refractivity contribution in [1.29, 1.82) is 0 Å². The van der Waals surface area contributed by atoms with Crippen LogP contribution in [0.2, 0.25) is 0 Å². The van der Waals surface area contributed by atoms with E-state index < -0.39 is 5.97 Å². The van der Waals surface area contributed by atoms with Crippen LogP contribution in [0.15, 0.2) is 0 Å². The van der Waals surface area contributed by atoms with Crippen molar-refractivity contribution in [3.8, 4) is 0 Å². The Labute approximate surface area is 126 Å². The minimum atomic E-state index is -0.897. The molecule has 0 aromatic carbocycles. The molecule has 1 fully saturated rings. The zero-order valence-electron chi connectivity index (χ0n) is 13.5. The molecule has 1 rings (SSSR count).